The number of hydrogen-bond donors (Lipinski definition) is 4. The molecule has 0 unspecified atom stereocenters. The van der Waals surface area contributed by atoms with Crippen LogP contribution in [-0.2, 0) is 14.8 Å². The Morgan fingerprint density at radius 3 is 1.86 bits per heavy atom. The van der Waals surface area contributed by atoms with Gasteiger partial charge in [-0.3, -0.25) is 4.90 Å². The molecule has 7 heteroatoms. The Morgan fingerprint density at radius 2 is 1.57 bits per heavy atom. The summed E-state index contributed by atoms with van der Waals surface area (Å²) in [5.74, 6) is 0. The van der Waals surface area contributed by atoms with E-state index in [0.717, 1.165) is 26.2 Å². The summed E-state index contributed by atoms with van der Waals surface area (Å²) < 4.78 is 0. The van der Waals surface area contributed by atoms with Crippen molar-refractivity contribution in [3.05, 3.63) is 0 Å². The number of halogens is 1. The Labute approximate surface area is 99.3 Å². The third-order valence-corrected chi connectivity index (χ3v) is 1.57. The number of likely N-dealkylation sites (N-methyl/N-ethyl adjacent to an activating group) is 1. The molecule has 0 aliphatic heterocycles. The minimum absolute atomic E-state index is 0. The Hall–Kier alpha value is 0.596. The zero-order chi connectivity index (χ0) is 10.5. The monoisotopic (exact) mass is 271 g/mol. The number of hydrogen-bond acceptors (Lipinski definition) is 5. The van der Waals surface area contributed by atoms with Crippen LogP contribution in [0, 0.1) is 0 Å². The van der Waals surface area contributed by atoms with Crippen LogP contribution in [0.25, 0.3) is 0 Å². The van der Waals surface area contributed by atoms with Crippen LogP contribution in [0.2, 0.25) is 0 Å². The zero-order valence-corrected chi connectivity index (χ0v) is 10.6. The van der Waals surface area contributed by atoms with Crippen molar-refractivity contribution in [2.75, 3.05) is 46.3 Å². The predicted molar refractivity (Wildman–Crippen MR) is 59.4 cm³/mol. The summed E-state index contributed by atoms with van der Waals surface area (Å²) in [5.41, 5.74) is 10.9. The molecule has 90 valence electrons. The van der Waals surface area contributed by atoms with Gasteiger partial charge in [-0.1, -0.05) is 0 Å². The topological polar surface area (TPSA) is 102 Å². The Bertz CT molecular complexity index is 82.5. The molecule has 0 aliphatic rings. The molecule has 0 saturated heterocycles. The van der Waals surface area contributed by atoms with Gasteiger partial charge in [0.1, 0.15) is 0 Å². The van der Waals surface area contributed by atoms with Crippen LogP contribution < -0.4 is 22.9 Å². The SMILES string of the molecule is CNCCN(CCN)CCN.N.[Cl][Co+2]. The van der Waals surface area contributed by atoms with Crippen molar-refractivity contribution < 1.29 is 14.8 Å². The van der Waals surface area contributed by atoms with Crippen LogP contribution in [0.5, 0.6) is 0 Å². The van der Waals surface area contributed by atoms with Crippen molar-refractivity contribution in [3.8, 4) is 0 Å². The van der Waals surface area contributed by atoms with Gasteiger partial charge in [-0.15, -0.1) is 0 Å². The van der Waals surface area contributed by atoms with Crippen molar-refractivity contribution in [2.24, 2.45) is 11.5 Å². The van der Waals surface area contributed by atoms with E-state index in [1.54, 1.807) is 0 Å². The van der Waals surface area contributed by atoms with Crippen LogP contribution >= 0.6 is 10.1 Å². The molecule has 14 heavy (non-hydrogen) atoms. The van der Waals surface area contributed by atoms with Gasteiger partial charge >= 0.3 is 25.0 Å². The molecule has 5 nitrogen and oxygen atoms in total. The van der Waals surface area contributed by atoms with Crippen molar-refractivity contribution in [1.29, 1.82) is 0 Å². The first-order valence-corrected chi connectivity index (χ1v) is 5.68. The van der Waals surface area contributed by atoms with Gasteiger partial charge in [0.2, 0.25) is 0 Å². The van der Waals surface area contributed by atoms with Gasteiger partial charge < -0.3 is 22.9 Å². The van der Waals surface area contributed by atoms with Crippen molar-refractivity contribution in [1.82, 2.24) is 16.4 Å². The molecule has 0 rings (SSSR count). The molecule has 0 aromatic rings. The van der Waals surface area contributed by atoms with Gasteiger partial charge in [0.25, 0.3) is 0 Å². The molecule has 0 bridgehead atoms. The summed E-state index contributed by atoms with van der Waals surface area (Å²) >= 11 is 3.03. The van der Waals surface area contributed by atoms with Gasteiger partial charge in [0.05, 0.1) is 0 Å². The summed E-state index contributed by atoms with van der Waals surface area (Å²) in [4.78, 5) is 2.26. The second-order valence-electron chi connectivity index (χ2n) is 2.52. The summed E-state index contributed by atoms with van der Waals surface area (Å²) in [7, 11) is 6.27. The second-order valence-corrected chi connectivity index (χ2v) is 2.52. The van der Waals surface area contributed by atoms with Crippen LogP contribution in [0.1, 0.15) is 0 Å². The molecule has 0 aromatic heterocycles. The number of nitrogens with zero attached hydrogens (tertiary/aromatic N) is 1. The van der Waals surface area contributed by atoms with Crippen LogP contribution in [0.15, 0.2) is 0 Å². The molecule has 0 aliphatic carbocycles. The van der Waals surface area contributed by atoms with Gasteiger partial charge in [-0.2, -0.15) is 0 Å². The van der Waals surface area contributed by atoms with Crippen LogP contribution in [-0.4, -0.2) is 51.2 Å². The van der Waals surface area contributed by atoms with Gasteiger partial charge in [0, 0.05) is 39.3 Å². The van der Waals surface area contributed by atoms with E-state index in [2.05, 4.69) is 35.2 Å². The third-order valence-electron chi connectivity index (χ3n) is 1.57. The fourth-order valence-electron chi connectivity index (χ4n) is 0.970. The third kappa shape index (κ3) is 15.1. The normalized spacial score (nSPS) is 9.00. The Kier molecular flexibility index (Phi) is 27.5. The predicted octanol–water partition coefficient (Wildman–Crippen LogP) is -0.726. The van der Waals surface area contributed by atoms with E-state index >= 15 is 0 Å². The summed E-state index contributed by atoms with van der Waals surface area (Å²) in [6, 6.07) is 0. The van der Waals surface area contributed by atoms with Gasteiger partial charge in [0.15, 0.2) is 0 Å². The number of rotatable bonds is 7. The number of nitrogens with one attached hydrogen (secondary N) is 1. The van der Waals surface area contributed by atoms with Crippen LogP contribution in [0.4, 0.5) is 0 Å². The van der Waals surface area contributed by atoms with Gasteiger partial charge in [-0.25, -0.2) is 0 Å². The number of nitrogens with two attached hydrogens (primary N) is 2. The molecule has 0 spiro atoms. The summed E-state index contributed by atoms with van der Waals surface area (Å²) in [5, 5.41) is 3.09. The summed E-state index contributed by atoms with van der Waals surface area (Å²) in [6.45, 7) is 5.34. The zero-order valence-electron chi connectivity index (χ0n) is 8.76. The fourth-order valence-corrected chi connectivity index (χ4v) is 0.970. The minimum atomic E-state index is 0. The van der Waals surface area contributed by atoms with Crippen molar-refractivity contribution in [2.45, 2.75) is 0 Å². The Balaban J connectivity index is -0.000000376. The van der Waals surface area contributed by atoms with Gasteiger partial charge in [-0.05, 0) is 7.05 Å². The molecule has 0 radical (unpaired) electrons. The van der Waals surface area contributed by atoms with Crippen LogP contribution in [0.3, 0.4) is 0 Å². The second kappa shape index (κ2) is 19.2. The molecule has 0 heterocycles. The van der Waals surface area contributed by atoms with Crippen molar-refractivity contribution >= 4 is 10.1 Å². The summed E-state index contributed by atoms with van der Waals surface area (Å²) in [6.07, 6.45) is 0. The maximum atomic E-state index is 5.43. The molecule has 0 fully saturated rings. The van der Waals surface area contributed by atoms with E-state index in [0.29, 0.717) is 13.1 Å². The van der Waals surface area contributed by atoms with E-state index in [-0.39, 0.29) is 6.15 Å². The first kappa shape index (κ1) is 20.1. The average molecular weight is 272 g/mol. The molecule has 0 aromatic carbocycles. The van der Waals surface area contributed by atoms with E-state index in [1.807, 2.05) is 7.05 Å². The first-order valence-electron chi connectivity index (χ1n) is 4.24. The first-order chi connectivity index (χ1) is 6.35. The molecule has 0 atom stereocenters. The van der Waals surface area contributed by atoms with E-state index < -0.39 is 0 Å². The van der Waals surface area contributed by atoms with E-state index in [9.17, 15) is 0 Å². The van der Waals surface area contributed by atoms with E-state index in [1.165, 1.54) is 0 Å². The molecule has 8 N–H and O–H groups in total. The molecular weight excluding hydrogens is 248 g/mol. The average Bonchev–Trinajstić information content (AvgIpc) is 2.18. The standard InChI is InChI=1S/C7H20N4.ClH.Co.H3N/c1-10-4-7-11(5-2-8)6-3-9;;;/h10H,2-9H2,1H3;1H;;1H3/q;;+3;/p-1. The Morgan fingerprint density at radius 1 is 1.14 bits per heavy atom. The quantitative estimate of drug-likeness (QED) is 0.489. The molecule has 0 saturated carbocycles. The fraction of sp³-hybridized carbons (Fsp3) is 1.00. The maximum absolute atomic E-state index is 5.43. The van der Waals surface area contributed by atoms with Crippen molar-refractivity contribution in [3.63, 3.8) is 0 Å². The molecule has 0 amide bonds. The molecular formula is C7H23ClCoN5+2. The van der Waals surface area contributed by atoms with E-state index in [4.69, 9.17) is 11.5 Å².